The van der Waals surface area contributed by atoms with Gasteiger partial charge in [0.25, 0.3) is 11.8 Å². The number of amides is 3. The topological polar surface area (TPSA) is 96.5 Å². The second-order valence-electron chi connectivity index (χ2n) is 6.38. The molecule has 0 heterocycles. The first-order chi connectivity index (χ1) is 13.4. The van der Waals surface area contributed by atoms with Gasteiger partial charge < -0.3 is 10.1 Å². The van der Waals surface area contributed by atoms with Crippen LogP contribution in [0.25, 0.3) is 0 Å². The lowest BCUT2D eigenvalue weighted by Crippen LogP contribution is -2.54. The standard InChI is InChI=1S/C20H22FN3O4/c1-13(2)17(22-20(27)28-12-14-6-4-3-5-7-14)19(26)24-23-18(25)15-8-10-16(21)11-9-15/h3-11,13,17H,12H2,1-2H3,(H,22,27)(H,23,25)(H,24,26)/t17-/m0/s1. The highest BCUT2D eigenvalue weighted by molar-refractivity contribution is 5.96. The second kappa shape index (κ2) is 10.1. The van der Waals surface area contributed by atoms with Crippen molar-refractivity contribution in [2.75, 3.05) is 0 Å². The lowest BCUT2D eigenvalue weighted by atomic mass is 10.0. The quantitative estimate of drug-likeness (QED) is 0.664. The van der Waals surface area contributed by atoms with Gasteiger partial charge >= 0.3 is 6.09 Å². The Hall–Kier alpha value is -3.42. The fourth-order valence-corrected chi connectivity index (χ4v) is 2.30. The van der Waals surface area contributed by atoms with Crippen LogP contribution in [0.5, 0.6) is 0 Å². The van der Waals surface area contributed by atoms with Crippen molar-refractivity contribution in [3.63, 3.8) is 0 Å². The molecule has 0 unspecified atom stereocenters. The van der Waals surface area contributed by atoms with Crippen LogP contribution in [0.2, 0.25) is 0 Å². The predicted octanol–water partition coefficient (Wildman–Crippen LogP) is 2.54. The molecular formula is C20H22FN3O4. The Morgan fingerprint density at radius 2 is 1.61 bits per heavy atom. The van der Waals surface area contributed by atoms with Gasteiger partial charge in [0.2, 0.25) is 0 Å². The number of hydrogen-bond acceptors (Lipinski definition) is 4. The maximum absolute atomic E-state index is 12.9. The minimum Gasteiger partial charge on any atom is -0.445 e. The van der Waals surface area contributed by atoms with Crippen LogP contribution >= 0.6 is 0 Å². The van der Waals surface area contributed by atoms with Crippen LogP contribution in [0, 0.1) is 11.7 Å². The third kappa shape index (κ3) is 6.39. The summed E-state index contributed by atoms with van der Waals surface area (Å²) >= 11 is 0. The van der Waals surface area contributed by atoms with Crippen LogP contribution in [0.4, 0.5) is 9.18 Å². The summed E-state index contributed by atoms with van der Waals surface area (Å²) in [5.41, 5.74) is 5.48. The van der Waals surface area contributed by atoms with Crippen molar-refractivity contribution in [3.05, 3.63) is 71.5 Å². The zero-order valence-corrected chi connectivity index (χ0v) is 15.6. The molecule has 0 saturated heterocycles. The third-order valence-electron chi connectivity index (χ3n) is 3.84. The lowest BCUT2D eigenvalue weighted by Gasteiger charge is -2.21. The molecule has 3 amide bonds. The van der Waals surface area contributed by atoms with E-state index in [1.165, 1.54) is 12.1 Å². The lowest BCUT2D eigenvalue weighted by molar-refractivity contribution is -0.124. The second-order valence-corrected chi connectivity index (χ2v) is 6.38. The zero-order valence-electron chi connectivity index (χ0n) is 15.6. The van der Waals surface area contributed by atoms with Crippen LogP contribution in [-0.4, -0.2) is 23.9 Å². The molecule has 2 aromatic carbocycles. The van der Waals surface area contributed by atoms with Crippen molar-refractivity contribution < 1.29 is 23.5 Å². The van der Waals surface area contributed by atoms with Gasteiger partial charge in [0.1, 0.15) is 18.5 Å². The monoisotopic (exact) mass is 387 g/mol. The van der Waals surface area contributed by atoms with E-state index in [-0.39, 0.29) is 18.1 Å². The summed E-state index contributed by atoms with van der Waals surface area (Å²) in [6.45, 7) is 3.55. The van der Waals surface area contributed by atoms with Crippen molar-refractivity contribution >= 4 is 17.9 Å². The van der Waals surface area contributed by atoms with Crippen molar-refractivity contribution in [2.24, 2.45) is 5.92 Å². The van der Waals surface area contributed by atoms with Gasteiger partial charge in [-0.15, -0.1) is 0 Å². The SMILES string of the molecule is CC(C)[C@H](NC(=O)OCc1ccccc1)C(=O)NNC(=O)c1ccc(F)cc1. The number of carbonyl (C=O) groups is 3. The van der Waals surface area contributed by atoms with Crippen molar-refractivity contribution in [2.45, 2.75) is 26.5 Å². The van der Waals surface area contributed by atoms with E-state index in [1.54, 1.807) is 13.8 Å². The number of alkyl carbamates (subject to hydrolysis) is 1. The molecule has 2 aromatic rings. The normalized spacial score (nSPS) is 11.4. The number of benzene rings is 2. The van der Waals surface area contributed by atoms with E-state index in [0.29, 0.717) is 0 Å². The summed E-state index contributed by atoms with van der Waals surface area (Å²) in [5, 5.41) is 2.48. The third-order valence-corrected chi connectivity index (χ3v) is 3.84. The van der Waals surface area contributed by atoms with Crippen molar-refractivity contribution in [1.82, 2.24) is 16.2 Å². The Kier molecular flexibility index (Phi) is 7.50. The molecule has 1 atom stereocenters. The number of ether oxygens (including phenoxy) is 1. The molecule has 0 aliphatic rings. The Balaban J connectivity index is 1.85. The molecule has 3 N–H and O–H groups in total. The molecule has 0 bridgehead atoms. The van der Waals surface area contributed by atoms with Gasteiger partial charge in [-0.3, -0.25) is 20.4 Å². The fourth-order valence-electron chi connectivity index (χ4n) is 2.30. The van der Waals surface area contributed by atoms with E-state index in [9.17, 15) is 18.8 Å². The van der Waals surface area contributed by atoms with E-state index < -0.39 is 29.8 Å². The minimum absolute atomic E-state index is 0.0699. The van der Waals surface area contributed by atoms with Crippen LogP contribution < -0.4 is 16.2 Å². The molecule has 0 aliphatic carbocycles. The molecule has 0 aromatic heterocycles. The number of hydrazine groups is 1. The van der Waals surface area contributed by atoms with Gasteiger partial charge in [-0.05, 0) is 35.7 Å². The molecule has 0 spiro atoms. The fraction of sp³-hybridized carbons (Fsp3) is 0.250. The first-order valence-corrected chi connectivity index (χ1v) is 8.70. The molecule has 2 rings (SSSR count). The first kappa shape index (κ1) is 20.9. The predicted molar refractivity (Wildman–Crippen MR) is 100 cm³/mol. The summed E-state index contributed by atoms with van der Waals surface area (Å²) in [4.78, 5) is 36.3. The summed E-state index contributed by atoms with van der Waals surface area (Å²) in [7, 11) is 0. The van der Waals surface area contributed by atoms with Crippen LogP contribution in [-0.2, 0) is 16.1 Å². The molecular weight excluding hydrogens is 365 g/mol. The zero-order chi connectivity index (χ0) is 20.5. The van der Waals surface area contributed by atoms with E-state index in [1.807, 2.05) is 30.3 Å². The van der Waals surface area contributed by atoms with Gasteiger partial charge in [-0.2, -0.15) is 0 Å². The van der Waals surface area contributed by atoms with Gasteiger partial charge in [0.15, 0.2) is 0 Å². The first-order valence-electron chi connectivity index (χ1n) is 8.70. The Morgan fingerprint density at radius 1 is 0.964 bits per heavy atom. The molecule has 0 saturated carbocycles. The molecule has 8 heteroatoms. The summed E-state index contributed by atoms with van der Waals surface area (Å²) < 4.78 is 18.0. The number of carbonyl (C=O) groups excluding carboxylic acids is 3. The average molecular weight is 387 g/mol. The highest BCUT2D eigenvalue weighted by atomic mass is 19.1. The van der Waals surface area contributed by atoms with Gasteiger partial charge in [0.05, 0.1) is 0 Å². The Morgan fingerprint density at radius 3 is 2.21 bits per heavy atom. The van der Waals surface area contributed by atoms with Crippen molar-refractivity contribution in [1.29, 1.82) is 0 Å². The molecule has 0 radical (unpaired) electrons. The molecule has 7 nitrogen and oxygen atoms in total. The number of hydrogen-bond donors (Lipinski definition) is 3. The minimum atomic E-state index is -0.920. The maximum atomic E-state index is 12.9. The average Bonchev–Trinajstić information content (AvgIpc) is 2.69. The van der Waals surface area contributed by atoms with Crippen LogP contribution in [0.15, 0.2) is 54.6 Å². The molecule has 28 heavy (non-hydrogen) atoms. The summed E-state index contributed by atoms with van der Waals surface area (Å²) in [6.07, 6.45) is -0.748. The smallest absolute Gasteiger partial charge is 0.408 e. The maximum Gasteiger partial charge on any atom is 0.408 e. The van der Waals surface area contributed by atoms with Crippen LogP contribution in [0.3, 0.4) is 0 Å². The van der Waals surface area contributed by atoms with Crippen LogP contribution in [0.1, 0.15) is 29.8 Å². The van der Waals surface area contributed by atoms with E-state index in [4.69, 9.17) is 4.74 Å². The van der Waals surface area contributed by atoms with E-state index >= 15 is 0 Å². The van der Waals surface area contributed by atoms with E-state index in [0.717, 1.165) is 17.7 Å². The Bertz CT molecular complexity index is 810. The van der Waals surface area contributed by atoms with Gasteiger partial charge in [0, 0.05) is 5.56 Å². The van der Waals surface area contributed by atoms with E-state index in [2.05, 4.69) is 16.2 Å². The Labute approximate surface area is 162 Å². The van der Waals surface area contributed by atoms with Crippen molar-refractivity contribution in [3.8, 4) is 0 Å². The number of rotatable bonds is 6. The highest BCUT2D eigenvalue weighted by Gasteiger charge is 2.25. The summed E-state index contributed by atoms with van der Waals surface area (Å²) in [6, 6.07) is 13.0. The van der Waals surface area contributed by atoms with Gasteiger partial charge in [-0.1, -0.05) is 44.2 Å². The largest absolute Gasteiger partial charge is 0.445 e. The number of halogens is 1. The number of nitrogens with one attached hydrogen (secondary N) is 3. The molecule has 0 aliphatic heterocycles. The summed E-state index contributed by atoms with van der Waals surface area (Å²) in [5.74, 6) is -1.95. The highest BCUT2D eigenvalue weighted by Crippen LogP contribution is 2.05. The molecule has 0 fully saturated rings. The van der Waals surface area contributed by atoms with Gasteiger partial charge in [-0.25, -0.2) is 9.18 Å². The molecule has 148 valence electrons.